The minimum atomic E-state index is -0.500. The van der Waals surface area contributed by atoms with E-state index >= 15 is 0 Å². The van der Waals surface area contributed by atoms with E-state index in [2.05, 4.69) is 37.7 Å². The molecule has 1 aromatic carbocycles. The molecule has 1 heterocycles. The predicted octanol–water partition coefficient (Wildman–Crippen LogP) is 4.30. The van der Waals surface area contributed by atoms with Crippen molar-refractivity contribution in [3.63, 3.8) is 0 Å². The normalized spacial score (nSPS) is 16.8. The van der Waals surface area contributed by atoms with Gasteiger partial charge in [-0.2, -0.15) is 5.26 Å². The summed E-state index contributed by atoms with van der Waals surface area (Å²) >= 11 is 6.01. The monoisotopic (exact) mass is 400 g/mol. The molecule has 148 valence electrons. The van der Waals surface area contributed by atoms with Crippen LogP contribution in [0.1, 0.15) is 55.9 Å². The third kappa shape index (κ3) is 4.99. The van der Waals surface area contributed by atoms with Crippen molar-refractivity contribution in [2.45, 2.75) is 47.1 Å². The molecule has 0 unspecified atom stereocenters. The Hall–Kier alpha value is -2.65. The van der Waals surface area contributed by atoms with Crippen LogP contribution < -0.4 is 10.5 Å². The van der Waals surface area contributed by atoms with Gasteiger partial charge in [0.2, 0.25) is 0 Å². The number of ether oxygens (including phenoxy) is 1. The summed E-state index contributed by atoms with van der Waals surface area (Å²) in [5.74, 6) is 0.870. The molecule has 6 nitrogen and oxygen atoms in total. The second-order valence-corrected chi connectivity index (χ2v) is 8.70. The van der Waals surface area contributed by atoms with Gasteiger partial charge >= 0.3 is 0 Å². The van der Waals surface area contributed by atoms with Gasteiger partial charge in [0, 0.05) is 29.3 Å². The number of nitrogens with zero attached hydrogens (tertiary/aromatic N) is 3. The highest BCUT2D eigenvalue weighted by Crippen LogP contribution is 2.55. The largest absolute Gasteiger partial charge is 0.489 e. The number of nitrogens with two attached hydrogens (primary N) is 1. The first-order valence-electron chi connectivity index (χ1n) is 8.91. The standard InChI is InChI=1S/C15H18ClNO.C6H7N3O/c1-14(2)9-15(3,4)13(14)18-11-6-5-10(8-17)12(16)7-11;1-4-8-2-5(3-9-4)6(7)10/h5-7,13H,9H2,1-4H3;2-3H,1H3,(H2,7,10). The molecule has 2 N–H and O–H groups in total. The molecule has 1 aliphatic carbocycles. The molecule has 0 atom stereocenters. The van der Waals surface area contributed by atoms with Crippen molar-refractivity contribution >= 4 is 17.5 Å². The SMILES string of the molecule is CC1(C)CC(C)(C)C1Oc1ccc(C#N)c(Cl)c1.Cc1ncc(C(N)=O)cn1. The Bertz CT molecular complexity index is 888. The molecule has 0 bridgehead atoms. The van der Waals surface area contributed by atoms with Crippen LogP contribution in [-0.2, 0) is 0 Å². The van der Waals surface area contributed by atoms with E-state index in [9.17, 15) is 4.79 Å². The summed E-state index contributed by atoms with van der Waals surface area (Å²) in [6.07, 6.45) is 4.14. The zero-order chi connectivity index (χ0) is 21.1. The Morgan fingerprint density at radius 2 is 1.82 bits per heavy atom. The van der Waals surface area contributed by atoms with Crippen molar-refractivity contribution in [1.82, 2.24) is 9.97 Å². The van der Waals surface area contributed by atoms with E-state index in [0.717, 1.165) is 12.2 Å². The molecule has 0 radical (unpaired) electrons. The minimum absolute atomic E-state index is 0.175. The van der Waals surface area contributed by atoms with Gasteiger partial charge in [0.05, 0.1) is 16.1 Å². The number of benzene rings is 1. The highest BCUT2D eigenvalue weighted by Gasteiger charge is 2.54. The van der Waals surface area contributed by atoms with Gasteiger partial charge in [-0.15, -0.1) is 0 Å². The Kier molecular flexibility index (Phi) is 6.30. The molecule has 28 heavy (non-hydrogen) atoms. The molecule has 2 aromatic rings. The van der Waals surface area contributed by atoms with Crippen molar-refractivity contribution in [2.24, 2.45) is 16.6 Å². The summed E-state index contributed by atoms with van der Waals surface area (Å²) in [6.45, 7) is 10.6. The van der Waals surface area contributed by atoms with Crippen LogP contribution in [-0.4, -0.2) is 22.0 Å². The quantitative estimate of drug-likeness (QED) is 0.827. The van der Waals surface area contributed by atoms with Crippen LogP contribution in [0, 0.1) is 29.1 Å². The number of rotatable bonds is 3. The molecule has 7 heteroatoms. The molecule has 1 amide bonds. The maximum atomic E-state index is 10.5. The Morgan fingerprint density at radius 1 is 1.25 bits per heavy atom. The van der Waals surface area contributed by atoms with Gasteiger partial charge in [-0.1, -0.05) is 39.3 Å². The molecule has 0 saturated heterocycles. The summed E-state index contributed by atoms with van der Waals surface area (Å²) in [6, 6.07) is 7.29. The molecule has 3 rings (SSSR count). The molecule has 1 saturated carbocycles. The van der Waals surface area contributed by atoms with Gasteiger partial charge < -0.3 is 10.5 Å². The van der Waals surface area contributed by atoms with E-state index in [1.54, 1.807) is 19.1 Å². The van der Waals surface area contributed by atoms with E-state index in [4.69, 9.17) is 27.3 Å². The zero-order valence-electron chi connectivity index (χ0n) is 16.8. The summed E-state index contributed by atoms with van der Waals surface area (Å²) in [7, 11) is 0. The van der Waals surface area contributed by atoms with Gasteiger partial charge in [0.15, 0.2) is 0 Å². The van der Waals surface area contributed by atoms with Crippen LogP contribution in [0.2, 0.25) is 5.02 Å². The van der Waals surface area contributed by atoms with Gasteiger partial charge in [0.25, 0.3) is 5.91 Å². The van der Waals surface area contributed by atoms with Crippen molar-refractivity contribution in [1.29, 1.82) is 5.26 Å². The first kappa shape index (κ1) is 21.6. The van der Waals surface area contributed by atoms with Crippen molar-refractivity contribution in [2.75, 3.05) is 0 Å². The third-order valence-corrected chi connectivity index (χ3v) is 5.02. The van der Waals surface area contributed by atoms with Crippen LogP contribution in [0.4, 0.5) is 0 Å². The third-order valence-electron chi connectivity index (χ3n) is 4.71. The Balaban J connectivity index is 0.000000237. The smallest absolute Gasteiger partial charge is 0.251 e. The maximum absolute atomic E-state index is 10.5. The molecule has 0 spiro atoms. The fourth-order valence-corrected chi connectivity index (χ4v) is 4.13. The number of halogens is 1. The number of aromatic nitrogens is 2. The lowest BCUT2D eigenvalue weighted by atomic mass is 9.53. The van der Waals surface area contributed by atoms with Gasteiger partial charge in [-0.05, 0) is 25.5 Å². The van der Waals surface area contributed by atoms with Crippen LogP contribution >= 0.6 is 11.6 Å². The fraction of sp³-hybridized carbons (Fsp3) is 0.429. The lowest BCUT2D eigenvalue weighted by Gasteiger charge is -2.56. The molecule has 1 fully saturated rings. The number of hydrogen-bond acceptors (Lipinski definition) is 5. The highest BCUT2D eigenvalue weighted by molar-refractivity contribution is 6.31. The Morgan fingerprint density at radius 3 is 2.25 bits per heavy atom. The fourth-order valence-electron chi connectivity index (χ4n) is 3.92. The Labute approximate surface area is 170 Å². The van der Waals surface area contributed by atoms with Crippen molar-refractivity contribution < 1.29 is 9.53 Å². The van der Waals surface area contributed by atoms with Gasteiger partial charge in [-0.3, -0.25) is 4.79 Å². The average Bonchev–Trinajstić information content (AvgIpc) is 2.60. The lowest BCUT2D eigenvalue weighted by molar-refractivity contribution is -0.133. The zero-order valence-corrected chi connectivity index (χ0v) is 17.5. The number of hydrogen-bond donors (Lipinski definition) is 1. The average molecular weight is 401 g/mol. The summed E-state index contributed by atoms with van der Waals surface area (Å²) in [4.78, 5) is 18.0. The number of aryl methyl sites for hydroxylation is 1. The van der Waals surface area contributed by atoms with E-state index in [1.165, 1.54) is 12.4 Å². The second kappa shape index (κ2) is 8.15. The molecule has 1 aliphatic rings. The van der Waals surface area contributed by atoms with E-state index in [0.29, 0.717) is 22.0 Å². The second-order valence-electron chi connectivity index (χ2n) is 8.29. The van der Waals surface area contributed by atoms with Gasteiger partial charge in [0.1, 0.15) is 23.7 Å². The number of nitriles is 1. The maximum Gasteiger partial charge on any atom is 0.251 e. The lowest BCUT2D eigenvalue weighted by Crippen LogP contribution is -2.58. The molecule has 0 aliphatic heterocycles. The summed E-state index contributed by atoms with van der Waals surface area (Å²) in [5, 5.41) is 9.29. The van der Waals surface area contributed by atoms with Crippen LogP contribution in [0.5, 0.6) is 5.75 Å². The number of amides is 1. The topological polar surface area (TPSA) is 102 Å². The van der Waals surface area contributed by atoms with Gasteiger partial charge in [-0.25, -0.2) is 9.97 Å². The van der Waals surface area contributed by atoms with E-state index < -0.39 is 5.91 Å². The van der Waals surface area contributed by atoms with Crippen molar-refractivity contribution in [3.05, 3.63) is 52.6 Å². The van der Waals surface area contributed by atoms with Crippen LogP contribution in [0.15, 0.2) is 30.6 Å². The summed E-state index contributed by atoms with van der Waals surface area (Å²) < 4.78 is 6.07. The van der Waals surface area contributed by atoms with Crippen LogP contribution in [0.3, 0.4) is 0 Å². The first-order chi connectivity index (χ1) is 13.0. The highest BCUT2D eigenvalue weighted by atomic mass is 35.5. The number of carbonyl (C=O) groups is 1. The first-order valence-corrected chi connectivity index (χ1v) is 9.29. The summed E-state index contributed by atoms with van der Waals surface area (Å²) in [5.41, 5.74) is 6.13. The molecule has 1 aromatic heterocycles. The van der Waals surface area contributed by atoms with E-state index in [-0.39, 0.29) is 16.9 Å². The number of primary amides is 1. The molecular weight excluding hydrogens is 376 g/mol. The van der Waals surface area contributed by atoms with E-state index in [1.807, 2.05) is 12.1 Å². The van der Waals surface area contributed by atoms with Crippen LogP contribution in [0.25, 0.3) is 0 Å². The van der Waals surface area contributed by atoms with Crippen molar-refractivity contribution in [3.8, 4) is 11.8 Å². The number of carbonyl (C=O) groups excluding carboxylic acids is 1. The predicted molar refractivity (Wildman–Crippen MR) is 108 cm³/mol. The minimum Gasteiger partial charge on any atom is -0.489 e. The molecular formula is C21H25ClN4O2.